The topological polar surface area (TPSA) is 79.2 Å². The van der Waals surface area contributed by atoms with Crippen LogP contribution in [-0.4, -0.2) is 79.7 Å². The molecule has 0 spiro atoms. The average Bonchev–Trinajstić information content (AvgIpc) is 2.63. The van der Waals surface area contributed by atoms with Gasteiger partial charge in [-0.1, -0.05) is 0 Å². The molecule has 1 amide bonds. The van der Waals surface area contributed by atoms with Crippen molar-refractivity contribution in [2.45, 2.75) is 0 Å². The van der Waals surface area contributed by atoms with E-state index < -0.39 is 0 Å². The fraction of sp³-hybridized carbons (Fsp3) is 0.562. The molecule has 2 aliphatic heterocycles. The van der Waals surface area contributed by atoms with E-state index in [0.29, 0.717) is 32.8 Å². The van der Waals surface area contributed by atoms with Gasteiger partial charge in [-0.3, -0.25) is 19.8 Å². The van der Waals surface area contributed by atoms with Gasteiger partial charge in [-0.05, 0) is 12.1 Å². The van der Waals surface area contributed by atoms with Gasteiger partial charge in [0.15, 0.2) is 0 Å². The van der Waals surface area contributed by atoms with Gasteiger partial charge < -0.3 is 14.5 Å². The third kappa shape index (κ3) is 4.01. The maximum absolute atomic E-state index is 12.3. The number of ether oxygens (including phenoxy) is 1. The van der Waals surface area contributed by atoms with E-state index in [1.54, 1.807) is 12.1 Å². The molecule has 0 aromatic heterocycles. The predicted molar refractivity (Wildman–Crippen MR) is 89.1 cm³/mol. The van der Waals surface area contributed by atoms with Gasteiger partial charge in [0.25, 0.3) is 5.69 Å². The van der Waals surface area contributed by atoms with Gasteiger partial charge in [0.2, 0.25) is 5.91 Å². The second kappa shape index (κ2) is 7.59. The van der Waals surface area contributed by atoms with Crippen LogP contribution in [0, 0.1) is 10.1 Å². The van der Waals surface area contributed by atoms with Crippen LogP contribution in [0.1, 0.15) is 0 Å². The van der Waals surface area contributed by atoms with Crippen molar-refractivity contribution in [3.05, 3.63) is 34.4 Å². The number of hydrogen-bond donors (Lipinski definition) is 0. The first-order chi connectivity index (χ1) is 11.6. The summed E-state index contributed by atoms with van der Waals surface area (Å²) in [5, 5.41) is 10.7. The number of anilines is 1. The second-order valence-electron chi connectivity index (χ2n) is 6.03. The fourth-order valence-electron chi connectivity index (χ4n) is 3.05. The summed E-state index contributed by atoms with van der Waals surface area (Å²) in [6, 6.07) is 6.63. The maximum Gasteiger partial charge on any atom is 0.269 e. The Morgan fingerprint density at radius 2 is 1.67 bits per heavy atom. The number of nitro benzene ring substituents is 1. The Labute approximate surface area is 140 Å². The molecule has 0 N–H and O–H groups in total. The highest BCUT2D eigenvalue weighted by Gasteiger charge is 2.23. The van der Waals surface area contributed by atoms with Crippen LogP contribution in [0.15, 0.2) is 24.3 Å². The maximum atomic E-state index is 12.3. The first kappa shape index (κ1) is 16.7. The van der Waals surface area contributed by atoms with Crippen LogP contribution in [0.4, 0.5) is 11.4 Å². The van der Waals surface area contributed by atoms with Crippen LogP contribution < -0.4 is 4.90 Å². The Balaban J connectivity index is 1.48. The molecule has 24 heavy (non-hydrogen) atoms. The van der Waals surface area contributed by atoms with E-state index in [1.807, 2.05) is 4.90 Å². The number of benzene rings is 1. The number of nitro groups is 1. The van der Waals surface area contributed by atoms with Crippen molar-refractivity contribution in [2.75, 3.05) is 63.9 Å². The lowest BCUT2D eigenvalue weighted by Crippen LogP contribution is -2.51. The minimum absolute atomic E-state index is 0.105. The van der Waals surface area contributed by atoms with Crippen LogP contribution in [-0.2, 0) is 9.53 Å². The third-order valence-electron chi connectivity index (χ3n) is 4.52. The number of piperazine rings is 1. The van der Waals surface area contributed by atoms with Crippen molar-refractivity contribution >= 4 is 17.3 Å². The molecule has 0 unspecified atom stereocenters. The monoisotopic (exact) mass is 334 g/mol. The molecular formula is C16H22N4O4. The van der Waals surface area contributed by atoms with Crippen molar-refractivity contribution < 1.29 is 14.5 Å². The molecule has 0 saturated carbocycles. The molecule has 2 heterocycles. The van der Waals surface area contributed by atoms with Crippen LogP contribution in [0.5, 0.6) is 0 Å². The Morgan fingerprint density at radius 1 is 1.04 bits per heavy atom. The molecule has 1 aromatic carbocycles. The summed E-state index contributed by atoms with van der Waals surface area (Å²) >= 11 is 0. The first-order valence-electron chi connectivity index (χ1n) is 8.21. The van der Waals surface area contributed by atoms with Crippen molar-refractivity contribution in [3.8, 4) is 0 Å². The molecule has 130 valence electrons. The molecule has 2 aliphatic rings. The number of non-ortho nitro benzene ring substituents is 1. The van der Waals surface area contributed by atoms with E-state index in [0.717, 1.165) is 31.9 Å². The van der Waals surface area contributed by atoms with Crippen molar-refractivity contribution in [3.63, 3.8) is 0 Å². The SMILES string of the molecule is O=C(CN1CCN(c2ccc([N+](=O)[O-])cc2)CC1)N1CCOCC1. The van der Waals surface area contributed by atoms with E-state index >= 15 is 0 Å². The Morgan fingerprint density at radius 3 is 2.25 bits per heavy atom. The van der Waals surface area contributed by atoms with E-state index in [1.165, 1.54) is 12.1 Å². The molecule has 1 aromatic rings. The summed E-state index contributed by atoms with van der Waals surface area (Å²) in [6.07, 6.45) is 0. The Bertz CT molecular complexity index is 578. The highest BCUT2D eigenvalue weighted by molar-refractivity contribution is 5.78. The molecule has 8 nitrogen and oxygen atoms in total. The summed E-state index contributed by atoms with van der Waals surface area (Å²) in [5.74, 6) is 0.169. The number of rotatable bonds is 4. The Kier molecular flexibility index (Phi) is 5.27. The lowest BCUT2D eigenvalue weighted by molar-refractivity contribution is -0.384. The van der Waals surface area contributed by atoms with Crippen LogP contribution in [0.3, 0.4) is 0 Å². The smallest absolute Gasteiger partial charge is 0.269 e. The summed E-state index contributed by atoms with van der Waals surface area (Å²) in [4.78, 5) is 28.8. The number of amides is 1. The predicted octanol–water partition coefficient (Wildman–Crippen LogP) is 0.576. The standard InChI is InChI=1S/C16H22N4O4/c21-16(19-9-11-24-12-10-19)13-17-5-7-18(8-6-17)14-1-3-15(4-2-14)20(22)23/h1-4H,5-13H2. The van der Waals surface area contributed by atoms with Gasteiger partial charge in [-0.2, -0.15) is 0 Å². The van der Waals surface area contributed by atoms with Crippen LogP contribution in [0.2, 0.25) is 0 Å². The lowest BCUT2D eigenvalue weighted by atomic mass is 10.2. The van der Waals surface area contributed by atoms with Crippen molar-refractivity contribution in [1.82, 2.24) is 9.80 Å². The zero-order chi connectivity index (χ0) is 16.9. The third-order valence-corrected chi connectivity index (χ3v) is 4.52. The molecule has 3 rings (SSSR count). The van der Waals surface area contributed by atoms with Crippen LogP contribution >= 0.6 is 0 Å². The number of carbonyl (C=O) groups excluding carboxylic acids is 1. The van der Waals surface area contributed by atoms with Crippen molar-refractivity contribution in [2.24, 2.45) is 0 Å². The molecular weight excluding hydrogens is 312 g/mol. The highest BCUT2D eigenvalue weighted by Crippen LogP contribution is 2.20. The van der Waals surface area contributed by atoms with Gasteiger partial charge in [-0.15, -0.1) is 0 Å². The van der Waals surface area contributed by atoms with E-state index in [2.05, 4.69) is 9.80 Å². The minimum Gasteiger partial charge on any atom is -0.378 e. The van der Waals surface area contributed by atoms with Gasteiger partial charge in [0.05, 0.1) is 24.7 Å². The van der Waals surface area contributed by atoms with Gasteiger partial charge >= 0.3 is 0 Å². The van der Waals surface area contributed by atoms with E-state index in [-0.39, 0.29) is 16.5 Å². The second-order valence-corrected chi connectivity index (χ2v) is 6.03. The molecule has 2 fully saturated rings. The van der Waals surface area contributed by atoms with Crippen LogP contribution in [0.25, 0.3) is 0 Å². The fourth-order valence-corrected chi connectivity index (χ4v) is 3.05. The molecule has 0 aliphatic carbocycles. The summed E-state index contributed by atoms with van der Waals surface area (Å²) in [5.41, 5.74) is 1.09. The summed E-state index contributed by atoms with van der Waals surface area (Å²) in [6.45, 7) is 6.32. The number of carbonyl (C=O) groups is 1. The molecule has 2 saturated heterocycles. The number of morpholine rings is 1. The van der Waals surface area contributed by atoms with E-state index in [4.69, 9.17) is 4.74 Å². The lowest BCUT2D eigenvalue weighted by Gasteiger charge is -2.37. The molecule has 0 radical (unpaired) electrons. The average molecular weight is 334 g/mol. The summed E-state index contributed by atoms with van der Waals surface area (Å²) in [7, 11) is 0. The summed E-state index contributed by atoms with van der Waals surface area (Å²) < 4.78 is 5.27. The highest BCUT2D eigenvalue weighted by atomic mass is 16.6. The minimum atomic E-state index is -0.390. The number of nitrogens with zero attached hydrogens (tertiary/aromatic N) is 4. The zero-order valence-corrected chi connectivity index (χ0v) is 13.6. The molecule has 0 bridgehead atoms. The van der Waals surface area contributed by atoms with Gasteiger partial charge in [0.1, 0.15) is 0 Å². The molecule has 8 heteroatoms. The number of hydrogen-bond acceptors (Lipinski definition) is 6. The quantitative estimate of drug-likeness (QED) is 0.592. The van der Waals surface area contributed by atoms with Gasteiger partial charge in [0, 0.05) is 57.1 Å². The molecule has 0 atom stereocenters. The normalized spacial score (nSPS) is 19.3. The van der Waals surface area contributed by atoms with Gasteiger partial charge in [-0.25, -0.2) is 0 Å². The zero-order valence-electron chi connectivity index (χ0n) is 13.6. The van der Waals surface area contributed by atoms with E-state index in [9.17, 15) is 14.9 Å². The van der Waals surface area contributed by atoms with Crippen molar-refractivity contribution in [1.29, 1.82) is 0 Å². The Hall–Kier alpha value is -2.19. The largest absolute Gasteiger partial charge is 0.378 e. The first-order valence-corrected chi connectivity index (χ1v) is 8.21.